The van der Waals surface area contributed by atoms with Crippen molar-refractivity contribution in [1.29, 1.82) is 0 Å². The van der Waals surface area contributed by atoms with E-state index in [0.717, 1.165) is 22.8 Å². The summed E-state index contributed by atoms with van der Waals surface area (Å²) in [5.74, 6) is 0.359. The third-order valence-corrected chi connectivity index (χ3v) is 5.78. The van der Waals surface area contributed by atoms with Crippen molar-refractivity contribution in [2.75, 3.05) is 26.2 Å². The molecule has 1 amide bonds. The molecule has 0 aliphatic carbocycles. The van der Waals surface area contributed by atoms with Crippen LogP contribution in [0.15, 0.2) is 40.2 Å². The number of carbonyl (C=O) groups is 1. The first-order chi connectivity index (χ1) is 15.3. The summed E-state index contributed by atoms with van der Waals surface area (Å²) in [7, 11) is 0. The molecule has 3 aromatic rings. The molecule has 1 saturated heterocycles. The fraction of sp³-hybridized carbons (Fsp3) is 0.333. The van der Waals surface area contributed by atoms with E-state index in [-0.39, 0.29) is 17.3 Å². The molecule has 168 valence electrons. The minimum absolute atomic E-state index is 0.0695. The van der Waals surface area contributed by atoms with Crippen LogP contribution in [0.5, 0.6) is 0 Å². The van der Waals surface area contributed by atoms with Crippen molar-refractivity contribution in [2.24, 2.45) is 0 Å². The number of hydrogen-bond donors (Lipinski definition) is 0. The molecular weight excluding hydrogens is 443 g/mol. The van der Waals surface area contributed by atoms with Gasteiger partial charge in [0.05, 0.1) is 22.8 Å². The lowest BCUT2D eigenvalue weighted by Crippen LogP contribution is -2.47. The Labute approximate surface area is 186 Å². The van der Waals surface area contributed by atoms with Crippen molar-refractivity contribution >= 4 is 23.3 Å². The smallest absolute Gasteiger partial charge is 0.338 e. The predicted octanol–water partition coefficient (Wildman–Crippen LogP) is 3.88. The van der Waals surface area contributed by atoms with E-state index in [2.05, 4.69) is 20.0 Å². The summed E-state index contributed by atoms with van der Waals surface area (Å²) in [5.41, 5.74) is 0.251. The van der Waals surface area contributed by atoms with Crippen LogP contribution in [0.2, 0.25) is 0 Å². The van der Waals surface area contributed by atoms with Crippen molar-refractivity contribution in [2.45, 2.75) is 19.6 Å². The third-order valence-electron chi connectivity index (χ3n) is 4.99. The van der Waals surface area contributed by atoms with Gasteiger partial charge >= 0.3 is 6.18 Å². The molecule has 4 rings (SSSR count). The van der Waals surface area contributed by atoms with Gasteiger partial charge in [0.2, 0.25) is 17.6 Å². The summed E-state index contributed by atoms with van der Waals surface area (Å²) in [4.78, 5) is 24.7. The van der Waals surface area contributed by atoms with E-state index < -0.39 is 11.7 Å². The molecule has 3 heterocycles. The third kappa shape index (κ3) is 5.40. The number of thiazole rings is 1. The van der Waals surface area contributed by atoms with Crippen LogP contribution >= 0.6 is 11.3 Å². The molecule has 1 aliphatic rings. The van der Waals surface area contributed by atoms with Crippen LogP contribution < -0.4 is 0 Å². The Kier molecular flexibility index (Phi) is 6.38. The molecule has 0 bridgehead atoms. The second kappa shape index (κ2) is 9.21. The van der Waals surface area contributed by atoms with Crippen LogP contribution in [0.1, 0.15) is 22.2 Å². The number of nitrogens with zero attached hydrogens (tertiary/aromatic N) is 5. The lowest BCUT2D eigenvalue weighted by Gasteiger charge is -2.33. The minimum Gasteiger partial charge on any atom is -0.338 e. The van der Waals surface area contributed by atoms with Gasteiger partial charge in [0.15, 0.2) is 0 Å². The van der Waals surface area contributed by atoms with Crippen molar-refractivity contribution in [3.8, 4) is 11.4 Å². The molecular formula is C21H20F3N5O2S. The molecule has 7 nitrogen and oxygen atoms in total. The van der Waals surface area contributed by atoms with Crippen molar-refractivity contribution in [3.05, 3.63) is 57.9 Å². The molecule has 32 heavy (non-hydrogen) atoms. The fourth-order valence-corrected chi connectivity index (χ4v) is 3.89. The van der Waals surface area contributed by atoms with Gasteiger partial charge in [-0.25, -0.2) is 4.98 Å². The molecule has 1 aliphatic heterocycles. The lowest BCUT2D eigenvalue weighted by atomic mass is 10.1. The van der Waals surface area contributed by atoms with Crippen molar-refractivity contribution in [3.63, 3.8) is 0 Å². The van der Waals surface area contributed by atoms with E-state index in [9.17, 15) is 18.0 Å². The van der Waals surface area contributed by atoms with Crippen LogP contribution in [-0.2, 0) is 17.5 Å². The zero-order valence-electron chi connectivity index (χ0n) is 17.2. The zero-order chi connectivity index (χ0) is 22.7. The van der Waals surface area contributed by atoms with Crippen molar-refractivity contribution < 1.29 is 22.5 Å². The number of piperazine rings is 1. The fourth-order valence-electron chi connectivity index (χ4n) is 3.31. The molecule has 0 unspecified atom stereocenters. The van der Waals surface area contributed by atoms with Crippen LogP contribution in [0.3, 0.4) is 0 Å². The van der Waals surface area contributed by atoms with E-state index in [1.807, 2.05) is 12.3 Å². The van der Waals surface area contributed by atoms with Gasteiger partial charge in [0, 0.05) is 43.2 Å². The first-order valence-corrected chi connectivity index (χ1v) is 10.8. The summed E-state index contributed by atoms with van der Waals surface area (Å²) in [6.07, 6.45) is -1.19. The van der Waals surface area contributed by atoms with Gasteiger partial charge < -0.3 is 9.42 Å². The van der Waals surface area contributed by atoms with E-state index in [1.54, 1.807) is 11.0 Å². The maximum atomic E-state index is 12.9. The van der Waals surface area contributed by atoms with Crippen LogP contribution in [0, 0.1) is 6.92 Å². The van der Waals surface area contributed by atoms with E-state index in [1.165, 1.54) is 29.5 Å². The summed E-state index contributed by atoms with van der Waals surface area (Å²) in [6.45, 7) is 4.62. The topological polar surface area (TPSA) is 75.4 Å². The average Bonchev–Trinajstić information content (AvgIpc) is 3.41. The Balaban J connectivity index is 1.31. The number of aryl methyl sites for hydroxylation is 1. The second-order valence-electron chi connectivity index (χ2n) is 7.32. The first kappa shape index (κ1) is 22.2. The van der Waals surface area contributed by atoms with Gasteiger partial charge in [-0.1, -0.05) is 17.3 Å². The number of amides is 1. The van der Waals surface area contributed by atoms with Crippen molar-refractivity contribution in [1.82, 2.24) is 24.9 Å². The Morgan fingerprint density at radius 2 is 2.00 bits per heavy atom. The number of carbonyl (C=O) groups excluding carboxylic acids is 1. The molecule has 0 spiro atoms. The largest absolute Gasteiger partial charge is 0.416 e. The van der Waals surface area contributed by atoms with E-state index >= 15 is 0 Å². The molecule has 0 atom stereocenters. The highest BCUT2D eigenvalue weighted by molar-refractivity contribution is 7.09. The van der Waals surface area contributed by atoms with Crippen LogP contribution in [0.4, 0.5) is 13.2 Å². The maximum Gasteiger partial charge on any atom is 0.416 e. The Bertz CT molecular complexity index is 1120. The standard InChI is InChI=1S/C21H20F3N5O2S/c1-14-25-17(13-32-14)5-6-19(30)29-9-7-28(8-10-29)12-18-26-20(27-31-18)15-3-2-4-16(11-15)21(22,23)24/h2-6,11,13H,7-10,12H2,1H3/b6-5+. The van der Waals surface area contributed by atoms with Gasteiger partial charge in [-0.3, -0.25) is 9.69 Å². The monoisotopic (exact) mass is 463 g/mol. The zero-order valence-corrected chi connectivity index (χ0v) is 18.0. The first-order valence-electron chi connectivity index (χ1n) is 9.89. The Hall–Kier alpha value is -3.05. The highest BCUT2D eigenvalue weighted by atomic mass is 32.1. The number of alkyl halides is 3. The van der Waals surface area contributed by atoms with E-state index in [0.29, 0.717) is 38.6 Å². The highest BCUT2D eigenvalue weighted by Gasteiger charge is 2.31. The number of aromatic nitrogens is 3. The van der Waals surface area contributed by atoms with Gasteiger partial charge in [-0.05, 0) is 25.1 Å². The summed E-state index contributed by atoms with van der Waals surface area (Å²) >= 11 is 1.53. The number of hydrogen-bond acceptors (Lipinski definition) is 7. The minimum atomic E-state index is -4.44. The summed E-state index contributed by atoms with van der Waals surface area (Å²) < 4.78 is 44.0. The predicted molar refractivity (Wildman–Crippen MR) is 112 cm³/mol. The molecule has 2 aromatic heterocycles. The van der Waals surface area contributed by atoms with Crippen LogP contribution in [-0.4, -0.2) is 57.0 Å². The quantitative estimate of drug-likeness (QED) is 0.535. The van der Waals surface area contributed by atoms with E-state index in [4.69, 9.17) is 4.52 Å². The highest BCUT2D eigenvalue weighted by Crippen LogP contribution is 2.31. The lowest BCUT2D eigenvalue weighted by molar-refractivity contribution is -0.137. The maximum absolute atomic E-state index is 12.9. The molecule has 0 N–H and O–H groups in total. The Morgan fingerprint density at radius 3 is 2.69 bits per heavy atom. The number of halogens is 3. The summed E-state index contributed by atoms with van der Waals surface area (Å²) in [5, 5.41) is 6.66. The second-order valence-corrected chi connectivity index (χ2v) is 8.38. The molecule has 0 radical (unpaired) electrons. The van der Waals surface area contributed by atoms with Gasteiger partial charge in [0.25, 0.3) is 0 Å². The van der Waals surface area contributed by atoms with Gasteiger partial charge in [-0.2, -0.15) is 18.2 Å². The Morgan fingerprint density at radius 1 is 1.22 bits per heavy atom. The molecule has 11 heteroatoms. The van der Waals surface area contributed by atoms with Crippen LogP contribution in [0.25, 0.3) is 17.5 Å². The molecule has 1 fully saturated rings. The molecule has 1 aromatic carbocycles. The SMILES string of the molecule is Cc1nc(/C=C/C(=O)N2CCN(Cc3nc(-c4cccc(C(F)(F)F)c4)no3)CC2)cs1. The number of rotatable bonds is 5. The van der Waals surface area contributed by atoms with Gasteiger partial charge in [-0.15, -0.1) is 11.3 Å². The average molecular weight is 463 g/mol. The number of benzene rings is 1. The summed E-state index contributed by atoms with van der Waals surface area (Å²) in [6, 6.07) is 4.82. The normalized spacial score (nSPS) is 15.6. The molecule has 0 saturated carbocycles. The van der Waals surface area contributed by atoms with Gasteiger partial charge in [0.1, 0.15) is 0 Å².